The van der Waals surface area contributed by atoms with Crippen molar-refractivity contribution < 1.29 is 0 Å². The summed E-state index contributed by atoms with van der Waals surface area (Å²) in [5.74, 6) is 0.859. The van der Waals surface area contributed by atoms with Gasteiger partial charge in [-0.3, -0.25) is 0 Å². The molecular weight excluding hydrogens is 182 g/mol. The van der Waals surface area contributed by atoms with Crippen LogP contribution in [0, 0.1) is 5.92 Å². The van der Waals surface area contributed by atoms with Crippen LogP contribution in [0.1, 0.15) is 12.8 Å². The van der Waals surface area contributed by atoms with Crippen LogP contribution in [0.5, 0.6) is 0 Å². The van der Waals surface area contributed by atoms with Crippen LogP contribution in [0.15, 0.2) is 0 Å². The van der Waals surface area contributed by atoms with Gasteiger partial charge in [0.2, 0.25) is 10.4 Å². The highest BCUT2D eigenvalue weighted by atomic mass is 35.5. The summed E-state index contributed by atoms with van der Waals surface area (Å²) in [5.41, 5.74) is 0. The summed E-state index contributed by atoms with van der Waals surface area (Å²) in [6.45, 7) is 1.02. The van der Waals surface area contributed by atoms with Gasteiger partial charge in [-0.15, -0.1) is 0 Å². The van der Waals surface area contributed by atoms with Crippen molar-refractivity contribution in [2.75, 3.05) is 11.9 Å². The number of aromatic nitrogens is 2. The minimum atomic E-state index is 0.341. The SMILES string of the molecule is Clc1nsc(NCC2CC2)n1. The maximum absolute atomic E-state index is 5.54. The van der Waals surface area contributed by atoms with Crippen molar-refractivity contribution >= 4 is 28.3 Å². The molecule has 11 heavy (non-hydrogen) atoms. The predicted molar refractivity (Wildman–Crippen MR) is 46.1 cm³/mol. The van der Waals surface area contributed by atoms with Crippen LogP contribution in [-0.4, -0.2) is 15.9 Å². The number of nitrogens with zero attached hydrogens (tertiary/aromatic N) is 2. The second kappa shape index (κ2) is 2.95. The van der Waals surface area contributed by atoms with E-state index in [1.807, 2.05) is 0 Å². The lowest BCUT2D eigenvalue weighted by Gasteiger charge is -1.96. The Morgan fingerprint density at radius 1 is 1.64 bits per heavy atom. The quantitative estimate of drug-likeness (QED) is 0.791. The highest BCUT2D eigenvalue weighted by molar-refractivity contribution is 7.09. The van der Waals surface area contributed by atoms with E-state index in [-0.39, 0.29) is 0 Å². The minimum Gasteiger partial charge on any atom is -0.360 e. The summed E-state index contributed by atoms with van der Waals surface area (Å²) < 4.78 is 3.85. The molecule has 3 nitrogen and oxygen atoms in total. The Morgan fingerprint density at radius 2 is 2.45 bits per heavy atom. The first-order valence-corrected chi connectivity index (χ1v) is 4.73. The number of rotatable bonds is 3. The normalized spacial score (nSPS) is 16.8. The summed E-state index contributed by atoms with van der Waals surface area (Å²) in [5, 5.41) is 4.36. The first-order chi connectivity index (χ1) is 5.34. The van der Waals surface area contributed by atoms with Gasteiger partial charge >= 0.3 is 0 Å². The molecule has 1 aliphatic carbocycles. The zero-order valence-electron chi connectivity index (χ0n) is 5.88. The highest BCUT2D eigenvalue weighted by Crippen LogP contribution is 2.29. The maximum Gasteiger partial charge on any atom is 0.236 e. The summed E-state index contributed by atoms with van der Waals surface area (Å²) in [6, 6.07) is 0. The van der Waals surface area contributed by atoms with Gasteiger partial charge in [0.25, 0.3) is 0 Å². The van der Waals surface area contributed by atoms with Crippen molar-refractivity contribution in [2.24, 2.45) is 5.92 Å². The lowest BCUT2D eigenvalue weighted by molar-refractivity contribution is 0.887. The molecule has 0 saturated heterocycles. The molecule has 0 bridgehead atoms. The fourth-order valence-electron chi connectivity index (χ4n) is 0.831. The molecule has 0 aliphatic heterocycles. The van der Waals surface area contributed by atoms with E-state index in [9.17, 15) is 0 Å². The van der Waals surface area contributed by atoms with E-state index in [2.05, 4.69) is 14.7 Å². The van der Waals surface area contributed by atoms with Gasteiger partial charge in [0.15, 0.2) is 0 Å². The number of nitrogens with one attached hydrogen (secondary N) is 1. The van der Waals surface area contributed by atoms with Crippen LogP contribution in [0.4, 0.5) is 5.13 Å². The lowest BCUT2D eigenvalue weighted by atomic mass is 10.4. The Hall–Kier alpha value is -0.350. The van der Waals surface area contributed by atoms with Crippen LogP contribution in [0.3, 0.4) is 0 Å². The molecule has 1 N–H and O–H groups in total. The van der Waals surface area contributed by atoms with Crippen molar-refractivity contribution in [1.29, 1.82) is 0 Å². The van der Waals surface area contributed by atoms with E-state index >= 15 is 0 Å². The number of anilines is 1. The van der Waals surface area contributed by atoms with E-state index in [1.54, 1.807) is 0 Å². The standard InChI is InChI=1S/C6H8ClN3S/c7-5-9-6(11-10-5)8-3-4-1-2-4/h4H,1-3H2,(H,8,9,10). The topological polar surface area (TPSA) is 37.8 Å². The molecule has 2 rings (SSSR count). The molecule has 0 radical (unpaired) electrons. The molecule has 0 aromatic carbocycles. The molecule has 1 saturated carbocycles. The van der Waals surface area contributed by atoms with Crippen molar-refractivity contribution in [3.63, 3.8) is 0 Å². The molecule has 1 aliphatic rings. The average molecular weight is 190 g/mol. The van der Waals surface area contributed by atoms with E-state index in [1.165, 1.54) is 24.4 Å². The predicted octanol–water partition coefficient (Wildman–Crippen LogP) is 2.01. The van der Waals surface area contributed by atoms with Crippen LogP contribution in [0.2, 0.25) is 5.28 Å². The largest absolute Gasteiger partial charge is 0.360 e. The van der Waals surface area contributed by atoms with Crippen LogP contribution in [-0.2, 0) is 0 Å². The first-order valence-electron chi connectivity index (χ1n) is 3.57. The third kappa shape index (κ3) is 2.04. The first kappa shape index (κ1) is 7.31. The van der Waals surface area contributed by atoms with Crippen LogP contribution in [0.25, 0.3) is 0 Å². The van der Waals surface area contributed by atoms with E-state index in [4.69, 9.17) is 11.6 Å². The fraction of sp³-hybridized carbons (Fsp3) is 0.667. The minimum absolute atomic E-state index is 0.341. The zero-order valence-corrected chi connectivity index (χ0v) is 7.45. The molecule has 1 heterocycles. The van der Waals surface area contributed by atoms with Gasteiger partial charge in [-0.1, -0.05) is 0 Å². The number of hydrogen-bond acceptors (Lipinski definition) is 4. The summed E-state index contributed by atoms with van der Waals surface area (Å²) in [6.07, 6.45) is 2.69. The van der Waals surface area contributed by atoms with E-state index < -0.39 is 0 Å². The molecule has 1 fully saturated rings. The zero-order chi connectivity index (χ0) is 7.68. The fourth-order valence-corrected chi connectivity index (χ4v) is 1.55. The number of halogens is 1. The molecule has 0 atom stereocenters. The Bertz CT molecular complexity index is 246. The van der Waals surface area contributed by atoms with E-state index in [0.717, 1.165) is 17.6 Å². The Kier molecular flexibility index (Phi) is 1.96. The average Bonchev–Trinajstić information content (AvgIpc) is 2.72. The highest BCUT2D eigenvalue weighted by Gasteiger charge is 2.20. The summed E-state index contributed by atoms with van der Waals surface area (Å²) in [4.78, 5) is 3.97. The second-order valence-corrected chi connectivity index (χ2v) is 3.78. The molecule has 5 heteroatoms. The van der Waals surface area contributed by atoms with Gasteiger partial charge in [-0.05, 0) is 30.4 Å². The van der Waals surface area contributed by atoms with E-state index in [0.29, 0.717) is 5.28 Å². The molecule has 0 spiro atoms. The van der Waals surface area contributed by atoms with Gasteiger partial charge in [-0.25, -0.2) is 0 Å². The molecule has 1 aromatic heterocycles. The van der Waals surface area contributed by atoms with Crippen molar-refractivity contribution in [3.05, 3.63) is 5.28 Å². The lowest BCUT2D eigenvalue weighted by Crippen LogP contribution is -2.02. The number of hydrogen-bond donors (Lipinski definition) is 1. The summed E-state index contributed by atoms with van der Waals surface area (Å²) in [7, 11) is 0. The molecular formula is C6H8ClN3S. The van der Waals surface area contributed by atoms with Gasteiger partial charge in [0.1, 0.15) is 0 Å². The van der Waals surface area contributed by atoms with Crippen molar-refractivity contribution in [2.45, 2.75) is 12.8 Å². The smallest absolute Gasteiger partial charge is 0.236 e. The third-order valence-corrected chi connectivity index (χ3v) is 2.58. The van der Waals surface area contributed by atoms with Crippen molar-refractivity contribution in [3.8, 4) is 0 Å². The molecule has 1 aromatic rings. The maximum atomic E-state index is 5.54. The van der Waals surface area contributed by atoms with Gasteiger partial charge in [0.05, 0.1) is 0 Å². The monoisotopic (exact) mass is 189 g/mol. The van der Waals surface area contributed by atoms with Crippen molar-refractivity contribution in [1.82, 2.24) is 9.36 Å². The van der Waals surface area contributed by atoms with Crippen LogP contribution < -0.4 is 5.32 Å². The third-order valence-electron chi connectivity index (χ3n) is 1.64. The summed E-state index contributed by atoms with van der Waals surface area (Å²) >= 11 is 6.85. The van der Waals surface area contributed by atoms with Gasteiger partial charge in [0, 0.05) is 18.1 Å². The Labute approximate surface area is 74.0 Å². The Morgan fingerprint density at radius 3 is 3.00 bits per heavy atom. The Balaban J connectivity index is 1.85. The molecule has 60 valence electrons. The van der Waals surface area contributed by atoms with Gasteiger partial charge < -0.3 is 5.32 Å². The second-order valence-electron chi connectivity index (χ2n) is 2.69. The van der Waals surface area contributed by atoms with Crippen LogP contribution >= 0.6 is 23.1 Å². The molecule has 0 unspecified atom stereocenters. The molecule has 0 amide bonds. The van der Waals surface area contributed by atoms with Gasteiger partial charge in [-0.2, -0.15) is 9.36 Å².